The molecule has 0 aromatic heterocycles. The van der Waals surface area contributed by atoms with E-state index >= 15 is 0 Å². The Kier molecular flexibility index (Phi) is 6.76. The third-order valence-electron chi connectivity index (χ3n) is 6.42. The van der Waals surface area contributed by atoms with Crippen molar-refractivity contribution >= 4 is 17.5 Å². The highest BCUT2D eigenvalue weighted by Gasteiger charge is 2.36. The molecule has 2 amide bonds. The van der Waals surface area contributed by atoms with Crippen molar-refractivity contribution in [3.63, 3.8) is 0 Å². The summed E-state index contributed by atoms with van der Waals surface area (Å²) in [6, 6.07) is 4.61. The molecule has 3 atom stereocenters. The van der Waals surface area contributed by atoms with E-state index in [1.807, 2.05) is 20.9 Å². The molecule has 0 bridgehead atoms. The van der Waals surface area contributed by atoms with E-state index < -0.39 is 0 Å². The Bertz CT molecular complexity index is 706. The van der Waals surface area contributed by atoms with Crippen molar-refractivity contribution in [3.05, 3.63) is 28.8 Å². The second kappa shape index (κ2) is 9.08. The lowest BCUT2D eigenvalue weighted by atomic mass is 9.78. The van der Waals surface area contributed by atoms with Gasteiger partial charge in [-0.25, -0.2) is 0 Å². The molecule has 1 aromatic carbocycles. The number of hydrogen-bond acceptors (Lipinski definition) is 2. The molecule has 0 spiro atoms. The quantitative estimate of drug-likeness (QED) is 0.816. The van der Waals surface area contributed by atoms with Gasteiger partial charge in [0.05, 0.1) is 7.05 Å². The molecular formula is C23H36N3O2+. The lowest BCUT2D eigenvalue weighted by Crippen LogP contribution is -3.11. The summed E-state index contributed by atoms with van der Waals surface area (Å²) in [5, 5.41) is 3.05. The van der Waals surface area contributed by atoms with Gasteiger partial charge in [0, 0.05) is 18.3 Å². The number of carbonyl (C=O) groups is 2. The number of likely N-dealkylation sites (N-methyl/N-ethyl adjacent to an activating group) is 1. The molecule has 0 radical (unpaired) electrons. The first-order valence-electron chi connectivity index (χ1n) is 10.8. The van der Waals surface area contributed by atoms with Crippen molar-refractivity contribution in [1.82, 2.24) is 4.90 Å². The summed E-state index contributed by atoms with van der Waals surface area (Å²) < 4.78 is 0. The third-order valence-corrected chi connectivity index (χ3v) is 6.42. The highest BCUT2D eigenvalue weighted by molar-refractivity contribution is 5.93. The Morgan fingerprint density at radius 1 is 1.04 bits per heavy atom. The summed E-state index contributed by atoms with van der Waals surface area (Å²) in [5.74, 6) is 0.877. The number of nitrogens with zero attached hydrogens (tertiary/aromatic N) is 1. The third kappa shape index (κ3) is 4.93. The number of amides is 2. The van der Waals surface area contributed by atoms with Crippen LogP contribution in [0.25, 0.3) is 0 Å². The summed E-state index contributed by atoms with van der Waals surface area (Å²) in [5.41, 5.74) is 4.26. The van der Waals surface area contributed by atoms with E-state index in [0.717, 1.165) is 41.1 Å². The predicted octanol–water partition coefficient (Wildman–Crippen LogP) is 2.25. The van der Waals surface area contributed by atoms with Gasteiger partial charge in [-0.05, 0) is 63.5 Å². The highest BCUT2D eigenvalue weighted by Crippen LogP contribution is 2.35. The second-order valence-corrected chi connectivity index (χ2v) is 8.97. The summed E-state index contributed by atoms with van der Waals surface area (Å²) in [4.78, 5) is 28.5. The van der Waals surface area contributed by atoms with Crippen LogP contribution in [-0.4, -0.2) is 49.4 Å². The van der Waals surface area contributed by atoms with Crippen LogP contribution in [0, 0.1) is 26.7 Å². The second-order valence-electron chi connectivity index (χ2n) is 8.97. The van der Waals surface area contributed by atoms with Gasteiger partial charge in [0.2, 0.25) is 0 Å². The van der Waals surface area contributed by atoms with Crippen LogP contribution < -0.4 is 10.2 Å². The van der Waals surface area contributed by atoms with Gasteiger partial charge in [0.25, 0.3) is 11.8 Å². The lowest BCUT2D eigenvalue weighted by Gasteiger charge is -2.44. The zero-order valence-electron chi connectivity index (χ0n) is 17.9. The van der Waals surface area contributed by atoms with Gasteiger partial charge in [-0.3, -0.25) is 9.59 Å². The monoisotopic (exact) mass is 386 g/mol. The number of nitrogens with one attached hydrogen (secondary N) is 2. The number of rotatable bonds is 5. The number of piperidine rings is 1. The Hall–Kier alpha value is -1.88. The average Bonchev–Trinajstić information content (AvgIpc) is 2.64. The Labute approximate surface area is 169 Å². The maximum Gasteiger partial charge on any atom is 0.279 e. The Morgan fingerprint density at radius 2 is 1.68 bits per heavy atom. The van der Waals surface area contributed by atoms with E-state index in [0.29, 0.717) is 25.0 Å². The van der Waals surface area contributed by atoms with Crippen LogP contribution in [0.3, 0.4) is 0 Å². The molecule has 1 saturated carbocycles. The topological polar surface area (TPSA) is 53.9 Å². The Balaban J connectivity index is 1.54. The van der Waals surface area contributed by atoms with E-state index in [1.54, 1.807) is 0 Å². The van der Waals surface area contributed by atoms with Crippen molar-refractivity contribution in [1.29, 1.82) is 0 Å². The van der Waals surface area contributed by atoms with Gasteiger partial charge in [0.15, 0.2) is 13.1 Å². The summed E-state index contributed by atoms with van der Waals surface area (Å²) in [6.07, 6.45) is 7.38. The summed E-state index contributed by atoms with van der Waals surface area (Å²) >= 11 is 0. The van der Waals surface area contributed by atoms with E-state index in [9.17, 15) is 9.59 Å². The van der Waals surface area contributed by atoms with Crippen molar-refractivity contribution in [2.45, 2.75) is 65.3 Å². The van der Waals surface area contributed by atoms with Gasteiger partial charge in [-0.15, -0.1) is 0 Å². The molecule has 5 heteroatoms. The number of anilines is 1. The molecule has 1 saturated heterocycles. The van der Waals surface area contributed by atoms with Crippen molar-refractivity contribution in [3.8, 4) is 0 Å². The molecule has 1 aliphatic carbocycles. The van der Waals surface area contributed by atoms with Gasteiger partial charge in [0.1, 0.15) is 0 Å². The molecular weight excluding hydrogens is 350 g/mol. The summed E-state index contributed by atoms with van der Waals surface area (Å²) in [6.45, 7) is 7.69. The SMILES string of the molecule is Cc1cc(C)c(NC(=O)C[NH+](C)CC(=O)N2CCC[C@H]3CCCC[C@@H]32)c(C)c1. The number of quaternary nitrogens is 1. The van der Waals surface area contributed by atoms with Crippen molar-refractivity contribution in [2.75, 3.05) is 32.0 Å². The van der Waals surface area contributed by atoms with Crippen molar-refractivity contribution < 1.29 is 14.5 Å². The Morgan fingerprint density at radius 3 is 2.39 bits per heavy atom. The van der Waals surface area contributed by atoms with Crippen molar-refractivity contribution in [2.24, 2.45) is 5.92 Å². The molecule has 2 fully saturated rings. The minimum absolute atomic E-state index is 0.0328. The van der Waals surface area contributed by atoms with Crippen LogP contribution in [0.1, 0.15) is 55.2 Å². The van der Waals surface area contributed by atoms with E-state index in [-0.39, 0.29) is 11.8 Å². The number of likely N-dealkylation sites (tertiary alicyclic amines) is 1. The van der Waals surface area contributed by atoms with Crippen LogP contribution in [-0.2, 0) is 9.59 Å². The number of aryl methyl sites for hydroxylation is 3. The van der Waals surface area contributed by atoms with Crippen LogP contribution in [0.2, 0.25) is 0 Å². The van der Waals surface area contributed by atoms with Crippen LogP contribution in [0.5, 0.6) is 0 Å². The van der Waals surface area contributed by atoms with Crippen LogP contribution in [0.15, 0.2) is 12.1 Å². The average molecular weight is 387 g/mol. The first-order valence-corrected chi connectivity index (χ1v) is 10.8. The highest BCUT2D eigenvalue weighted by atomic mass is 16.2. The maximum atomic E-state index is 12.9. The minimum atomic E-state index is -0.0328. The number of fused-ring (bicyclic) bond motifs is 1. The van der Waals surface area contributed by atoms with E-state index in [2.05, 4.69) is 29.3 Å². The fraction of sp³-hybridized carbons (Fsp3) is 0.652. The fourth-order valence-electron chi connectivity index (χ4n) is 5.19. The molecule has 154 valence electrons. The van der Waals surface area contributed by atoms with Gasteiger partial charge in [-0.1, -0.05) is 30.5 Å². The summed E-state index contributed by atoms with van der Waals surface area (Å²) in [7, 11) is 1.94. The normalized spacial score (nSPS) is 23.1. The standard InChI is InChI=1S/C23H35N3O2/c1-16-12-17(2)23(18(3)13-16)24-21(27)14-25(4)15-22(28)26-11-7-9-19-8-5-6-10-20(19)26/h12-13,19-20H,5-11,14-15H2,1-4H3,(H,24,27)/p+1/t19-,20+/m1/s1. The smallest absolute Gasteiger partial charge is 0.279 e. The lowest BCUT2D eigenvalue weighted by molar-refractivity contribution is -0.862. The largest absolute Gasteiger partial charge is 0.335 e. The molecule has 1 unspecified atom stereocenters. The zero-order valence-corrected chi connectivity index (χ0v) is 17.9. The fourth-order valence-corrected chi connectivity index (χ4v) is 5.19. The zero-order chi connectivity index (χ0) is 20.3. The van der Waals surface area contributed by atoms with E-state index in [1.165, 1.54) is 31.2 Å². The number of benzene rings is 1. The first-order chi connectivity index (χ1) is 13.3. The molecule has 1 aliphatic heterocycles. The van der Waals surface area contributed by atoms with Gasteiger partial charge < -0.3 is 15.1 Å². The molecule has 2 aliphatic rings. The van der Waals surface area contributed by atoms with Crippen LogP contribution >= 0.6 is 0 Å². The van der Waals surface area contributed by atoms with Gasteiger partial charge >= 0.3 is 0 Å². The maximum absolute atomic E-state index is 12.9. The molecule has 1 aromatic rings. The molecule has 1 heterocycles. The van der Waals surface area contributed by atoms with Crippen LogP contribution in [0.4, 0.5) is 5.69 Å². The van der Waals surface area contributed by atoms with Gasteiger partial charge in [-0.2, -0.15) is 0 Å². The molecule has 2 N–H and O–H groups in total. The number of hydrogen-bond donors (Lipinski definition) is 2. The minimum Gasteiger partial charge on any atom is -0.335 e. The predicted molar refractivity (Wildman–Crippen MR) is 113 cm³/mol. The first kappa shape index (κ1) is 20.8. The molecule has 3 rings (SSSR count). The van der Waals surface area contributed by atoms with E-state index in [4.69, 9.17) is 0 Å². The molecule has 5 nitrogen and oxygen atoms in total. The number of carbonyl (C=O) groups excluding carboxylic acids is 2. The molecule has 28 heavy (non-hydrogen) atoms.